The molecule has 0 aromatic carbocycles. The summed E-state index contributed by atoms with van der Waals surface area (Å²) < 4.78 is 6.55. The normalized spacial score (nSPS) is 10.2. The maximum absolute atomic E-state index is 5.57. The molecule has 3 nitrogen and oxygen atoms in total. The van der Waals surface area contributed by atoms with Gasteiger partial charge in [-0.2, -0.15) is 0 Å². The molecule has 2 heterocycles. The van der Waals surface area contributed by atoms with Gasteiger partial charge in [0.25, 0.3) is 0 Å². The van der Waals surface area contributed by atoms with Gasteiger partial charge in [-0.3, -0.25) is 4.98 Å². The van der Waals surface area contributed by atoms with Gasteiger partial charge in [-0.1, -0.05) is 0 Å². The third-order valence-corrected chi connectivity index (χ3v) is 2.96. The van der Waals surface area contributed by atoms with E-state index in [1.165, 1.54) is 0 Å². The van der Waals surface area contributed by atoms with Crippen LogP contribution in [0.4, 0.5) is 0 Å². The van der Waals surface area contributed by atoms with E-state index in [0.29, 0.717) is 11.6 Å². The van der Waals surface area contributed by atoms with Crippen LogP contribution >= 0.6 is 15.9 Å². The molecule has 4 heteroatoms. The fourth-order valence-electron chi connectivity index (χ4n) is 1.20. The fourth-order valence-corrected chi connectivity index (χ4v) is 1.42. The molecule has 2 aromatic heterocycles. The van der Waals surface area contributed by atoms with Crippen molar-refractivity contribution >= 4 is 15.9 Å². The Kier molecular flexibility index (Phi) is 3.19. The lowest BCUT2D eigenvalue weighted by Gasteiger charge is -2.05. The SMILES string of the molecule is Cc1ccc(Oc2cc(C)c(Br)cn2)cn1. The molecule has 0 aliphatic rings. The van der Waals surface area contributed by atoms with E-state index in [1.54, 1.807) is 12.4 Å². The highest BCUT2D eigenvalue weighted by Gasteiger charge is 2.01. The Bertz CT molecular complexity index is 497. The topological polar surface area (TPSA) is 35.0 Å². The quantitative estimate of drug-likeness (QED) is 0.841. The van der Waals surface area contributed by atoms with E-state index in [4.69, 9.17) is 4.74 Å². The van der Waals surface area contributed by atoms with Crippen LogP contribution in [0.2, 0.25) is 0 Å². The predicted octanol–water partition coefficient (Wildman–Crippen LogP) is 3.65. The number of ether oxygens (including phenoxy) is 1. The van der Waals surface area contributed by atoms with Crippen LogP contribution in [0.1, 0.15) is 11.3 Å². The zero-order valence-electron chi connectivity index (χ0n) is 9.07. The summed E-state index contributed by atoms with van der Waals surface area (Å²) in [7, 11) is 0. The highest BCUT2D eigenvalue weighted by atomic mass is 79.9. The average Bonchev–Trinajstić information content (AvgIpc) is 2.27. The van der Waals surface area contributed by atoms with Gasteiger partial charge >= 0.3 is 0 Å². The minimum atomic E-state index is 0.575. The molecule has 0 spiro atoms. The second kappa shape index (κ2) is 4.61. The zero-order chi connectivity index (χ0) is 11.5. The number of rotatable bonds is 2. The Morgan fingerprint density at radius 2 is 1.94 bits per heavy atom. The first-order chi connectivity index (χ1) is 7.65. The van der Waals surface area contributed by atoms with Gasteiger partial charge in [0.15, 0.2) is 0 Å². The average molecular weight is 279 g/mol. The van der Waals surface area contributed by atoms with E-state index in [0.717, 1.165) is 15.7 Å². The van der Waals surface area contributed by atoms with Crippen molar-refractivity contribution in [2.24, 2.45) is 0 Å². The Hall–Kier alpha value is -1.42. The molecule has 0 saturated heterocycles. The van der Waals surface area contributed by atoms with Crippen molar-refractivity contribution in [3.8, 4) is 11.6 Å². The molecule has 0 N–H and O–H groups in total. The number of aromatic nitrogens is 2. The summed E-state index contributed by atoms with van der Waals surface area (Å²) in [6, 6.07) is 5.66. The van der Waals surface area contributed by atoms with Crippen molar-refractivity contribution in [2.75, 3.05) is 0 Å². The minimum absolute atomic E-state index is 0.575. The fraction of sp³-hybridized carbons (Fsp3) is 0.167. The Labute approximate surface area is 103 Å². The largest absolute Gasteiger partial charge is 0.437 e. The van der Waals surface area contributed by atoms with Crippen LogP contribution in [-0.2, 0) is 0 Å². The Balaban J connectivity index is 2.20. The number of hydrogen-bond donors (Lipinski definition) is 0. The number of aryl methyl sites for hydroxylation is 2. The molecule has 0 saturated carbocycles. The summed E-state index contributed by atoms with van der Waals surface area (Å²) in [6.45, 7) is 3.93. The number of pyridine rings is 2. The zero-order valence-corrected chi connectivity index (χ0v) is 10.7. The molecule has 16 heavy (non-hydrogen) atoms. The van der Waals surface area contributed by atoms with E-state index in [1.807, 2.05) is 32.0 Å². The molecule has 0 aliphatic carbocycles. The van der Waals surface area contributed by atoms with Crippen LogP contribution in [0.5, 0.6) is 11.6 Å². The van der Waals surface area contributed by atoms with E-state index in [2.05, 4.69) is 25.9 Å². The Morgan fingerprint density at radius 3 is 2.56 bits per heavy atom. The summed E-state index contributed by atoms with van der Waals surface area (Å²) in [5.41, 5.74) is 2.05. The predicted molar refractivity (Wildman–Crippen MR) is 65.7 cm³/mol. The summed E-state index contributed by atoms with van der Waals surface area (Å²) in [5, 5.41) is 0. The second-order valence-electron chi connectivity index (χ2n) is 3.51. The molecule has 0 bridgehead atoms. The molecule has 0 atom stereocenters. The standard InChI is InChI=1S/C12H11BrN2O/c1-8-5-12(15-7-11(8)13)16-10-4-3-9(2)14-6-10/h3-7H,1-2H3. The van der Waals surface area contributed by atoms with Gasteiger partial charge in [0.2, 0.25) is 5.88 Å². The monoisotopic (exact) mass is 278 g/mol. The van der Waals surface area contributed by atoms with Gasteiger partial charge in [0, 0.05) is 22.4 Å². The van der Waals surface area contributed by atoms with Gasteiger partial charge < -0.3 is 4.74 Å². The van der Waals surface area contributed by atoms with Crippen LogP contribution in [0.25, 0.3) is 0 Å². The number of nitrogens with zero attached hydrogens (tertiary/aromatic N) is 2. The van der Waals surface area contributed by atoms with Crippen LogP contribution in [-0.4, -0.2) is 9.97 Å². The minimum Gasteiger partial charge on any atom is -0.437 e. The molecule has 0 radical (unpaired) electrons. The van der Waals surface area contributed by atoms with Gasteiger partial charge in [-0.25, -0.2) is 4.98 Å². The number of halogens is 1. The highest BCUT2D eigenvalue weighted by Crippen LogP contribution is 2.22. The van der Waals surface area contributed by atoms with E-state index >= 15 is 0 Å². The molecule has 0 unspecified atom stereocenters. The van der Waals surface area contributed by atoms with Crippen LogP contribution < -0.4 is 4.74 Å². The Morgan fingerprint density at radius 1 is 1.12 bits per heavy atom. The first-order valence-corrected chi connectivity index (χ1v) is 5.67. The van der Waals surface area contributed by atoms with Crippen molar-refractivity contribution in [1.29, 1.82) is 0 Å². The van der Waals surface area contributed by atoms with Gasteiger partial charge in [0.05, 0.1) is 6.20 Å². The lowest BCUT2D eigenvalue weighted by Crippen LogP contribution is -1.90. The van der Waals surface area contributed by atoms with Crippen LogP contribution in [0.15, 0.2) is 35.1 Å². The number of hydrogen-bond acceptors (Lipinski definition) is 3. The molecule has 0 aliphatic heterocycles. The van der Waals surface area contributed by atoms with Crippen molar-refractivity contribution < 1.29 is 4.74 Å². The third-order valence-electron chi connectivity index (χ3n) is 2.13. The molecule has 2 rings (SSSR count). The van der Waals surface area contributed by atoms with Crippen molar-refractivity contribution in [3.63, 3.8) is 0 Å². The molecule has 2 aromatic rings. The lowest BCUT2D eigenvalue weighted by atomic mass is 10.3. The highest BCUT2D eigenvalue weighted by molar-refractivity contribution is 9.10. The first kappa shape index (κ1) is 11.1. The van der Waals surface area contributed by atoms with Crippen LogP contribution in [0, 0.1) is 13.8 Å². The molecule has 0 amide bonds. The molecule has 0 fully saturated rings. The second-order valence-corrected chi connectivity index (χ2v) is 4.36. The smallest absolute Gasteiger partial charge is 0.219 e. The lowest BCUT2D eigenvalue weighted by molar-refractivity contribution is 0.460. The summed E-state index contributed by atoms with van der Waals surface area (Å²) in [6.07, 6.45) is 3.42. The molecular weight excluding hydrogens is 268 g/mol. The maximum Gasteiger partial charge on any atom is 0.219 e. The van der Waals surface area contributed by atoms with E-state index < -0.39 is 0 Å². The first-order valence-electron chi connectivity index (χ1n) is 4.88. The van der Waals surface area contributed by atoms with Crippen LogP contribution in [0.3, 0.4) is 0 Å². The van der Waals surface area contributed by atoms with Crippen molar-refractivity contribution in [2.45, 2.75) is 13.8 Å². The van der Waals surface area contributed by atoms with Crippen molar-refractivity contribution in [3.05, 3.63) is 46.3 Å². The summed E-state index contributed by atoms with van der Waals surface area (Å²) >= 11 is 3.39. The molecular formula is C12H11BrN2O. The third kappa shape index (κ3) is 2.58. The van der Waals surface area contributed by atoms with Gasteiger partial charge in [-0.15, -0.1) is 0 Å². The molecule has 82 valence electrons. The van der Waals surface area contributed by atoms with E-state index in [9.17, 15) is 0 Å². The maximum atomic E-state index is 5.57. The summed E-state index contributed by atoms with van der Waals surface area (Å²) in [5.74, 6) is 1.27. The van der Waals surface area contributed by atoms with Gasteiger partial charge in [0.1, 0.15) is 5.75 Å². The van der Waals surface area contributed by atoms with E-state index in [-0.39, 0.29) is 0 Å². The van der Waals surface area contributed by atoms with Gasteiger partial charge in [-0.05, 0) is 47.5 Å². The summed E-state index contributed by atoms with van der Waals surface area (Å²) in [4.78, 5) is 8.31. The van der Waals surface area contributed by atoms with Crippen molar-refractivity contribution in [1.82, 2.24) is 9.97 Å².